The van der Waals surface area contributed by atoms with E-state index in [0.717, 1.165) is 43.8 Å². The first-order valence-corrected chi connectivity index (χ1v) is 15.0. The van der Waals surface area contributed by atoms with Gasteiger partial charge in [-0.2, -0.15) is 0 Å². The minimum Gasteiger partial charge on any atom is -0.456 e. The fraction of sp³-hybridized carbons (Fsp3) is 0. The molecule has 0 bridgehead atoms. The molecule has 0 amide bonds. The molecule has 0 saturated heterocycles. The van der Waals surface area contributed by atoms with E-state index in [1.807, 2.05) is 103 Å². The smallest absolute Gasteiger partial charge is 0.136 e. The summed E-state index contributed by atoms with van der Waals surface area (Å²) in [6.45, 7) is 0. The fourth-order valence-electron chi connectivity index (χ4n) is 6.92. The molecule has 46 heavy (non-hydrogen) atoms. The summed E-state index contributed by atoms with van der Waals surface area (Å²) in [5.74, 6) is 0. The average Bonchev–Trinajstić information content (AvgIpc) is 3.77. The number of para-hydroxylation sites is 2. The van der Waals surface area contributed by atoms with Crippen molar-refractivity contribution in [1.29, 1.82) is 0 Å². The van der Waals surface area contributed by atoms with Crippen LogP contribution >= 0.6 is 0 Å². The topological polar surface area (TPSA) is 26.3 Å². The first-order valence-electron chi connectivity index (χ1n) is 19.0. The van der Waals surface area contributed by atoms with Crippen molar-refractivity contribution in [3.8, 4) is 33.4 Å². The lowest BCUT2D eigenvalue weighted by atomic mass is 9.85. The van der Waals surface area contributed by atoms with Crippen LogP contribution in [0.5, 0.6) is 0 Å². The SMILES string of the molecule is [2H]c1c([2H])c([2H])c2c(-c3ccc4c(c3)oc3ccccc34)c3c([2H])c([2H])c([2H])c([2H])c3c(-c3ccc(-c4cccc5oc6ccccc6c45)cc3)c2c1[2H]. The van der Waals surface area contributed by atoms with Gasteiger partial charge < -0.3 is 8.83 Å². The lowest BCUT2D eigenvalue weighted by Gasteiger charge is -2.18. The molecule has 0 radical (unpaired) electrons. The van der Waals surface area contributed by atoms with Gasteiger partial charge in [0.2, 0.25) is 0 Å². The first kappa shape index (κ1) is 18.6. The number of hydrogen-bond acceptors (Lipinski definition) is 2. The maximum atomic E-state index is 9.29. The summed E-state index contributed by atoms with van der Waals surface area (Å²) in [6, 6.07) is 31.3. The minimum atomic E-state index is -0.444. The number of fused-ring (bicyclic) bond motifs is 8. The van der Waals surface area contributed by atoms with Gasteiger partial charge in [0.1, 0.15) is 22.3 Å². The average molecular weight is 595 g/mol. The number of benzene rings is 8. The van der Waals surface area contributed by atoms with E-state index < -0.39 is 24.2 Å². The van der Waals surface area contributed by atoms with E-state index in [-0.39, 0.29) is 51.3 Å². The van der Waals surface area contributed by atoms with E-state index >= 15 is 0 Å². The Morgan fingerprint density at radius 1 is 0.370 bits per heavy atom. The Hall–Kier alpha value is -6.12. The van der Waals surface area contributed by atoms with Gasteiger partial charge in [0.05, 0.1) is 11.0 Å². The molecule has 2 aromatic heterocycles. The summed E-state index contributed by atoms with van der Waals surface area (Å²) in [7, 11) is 0. The second-order valence-corrected chi connectivity index (χ2v) is 11.4. The zero-order valence-corrected chi connectivity index (χ0v) is 24.2. The van der Waals surface area contributed by atoms with Gasteiger partial charge in [-0.25, -0.2) is 0 Å². The van der Waals surface area contributed by atoms with Crippen molar-refractivity contribution >= 4 is 65.4 Å². The maximum Gasteiger partial charge on any atom is 0.136 e. The molecule has 10 rings (SSSR count). The predicted octanol–water partition coefficient (Wildman–Crippen LogP) is 12.8. The molecule has 2 heterocycles. The van der Waals surface area contributed by atoms with Crippen molar-refractivity contribution in [2.75, 3.05) is 0 Å². The lowest BCUT2D eigenvalue weighted by molar-refractivity contribution is 0.668. The van der Waals surface area contributed by atoms with Crippen molar-refractivity contribution in [3.05, 3.63) is 158 Å². The Morgan fingerprint density at radius 2 is 0.870 bits per heavy atom. The van der Waals surface area contributed by atoms with Crippen molar-refractivity contribution in [3.63, 3.8) is 0 Å². The van der Waals surface area contributed by atoms with Crippen LogP contribution in [0.2, 0.25) is 0 Å². The number of rotatable bonds is 3. The van der Waals surface area contributed by atoms with Gasteiger partial charge in [0.25, 0.3) is 0 Å². The summed E-state index contributed by atoms with van der Waals surface area (Å²) in [5.41, 5.74) is 6.17. The van der Waals surface area contributed by atoms with Crippen LogP contribution in [0.25, 0.3) is 98.8 Å². The Kier molecular flexibility index (Phi) is 3.92. The van der Waals surface area contributed by atoms with Crippen LogP contribution in [0.3, 0.4) is 0 Å². The predicted molar refractivity (Wildman–Crippen MR) is 192 cm³/mol. The largest absolute Gasteiger partial charge is 0.456 e. The van der Waals surface area contributed by atoms with Crippen LogP contribution in [-0.2, 0) is 0 Å². The van der Waals surface area contributed by atoms with Gasteiger partial charge in [-0.05, 0) is 85.3 Å². The molecule has 0 N–H and O–H groups in total. The zero-order valence-electron chi connectivity index (χ0n) is 32.2. The molecule has 8 aromatic carbocycles. The van der Waals surface area contributed by atoms with Gasteiger partial charge in [0, 0.05) is 21.5 Å². The molecular weight excluding hydrogens is 560 g/mol. The third-order valence-corrected chi connectivity index (χ3v) is 8.93. The molecule has 0 unspecified atom stereocenters. The van der Waals surface area contributed by atoms with Crippen molar-refractivity contribution in [1.82, 2.24) is 0 Å². The highest BCUT2D eigenvalue weighted by atomic mass is 16.3. The normalized spacial score (nSPS) is 14.3. The summed E-state index contributed by atoms with van der Waals surface area (Å²) >= 11 is 0. The van der Waals surface area contributed by atoms with E-state index in [2.05, 4.69) is 0 Å². The Labute approximate surface area is 276 Å². The molecule has 214 valence electrons. The highest BCUT2D eigenvalue weighted by molar-refractivity contribution is 6.22. The second-order valence-electron chi connectivity index (χ2n) is 11.4. The molecule has 0 atom stereocenters. The molecule has 0 spiro atoms. The molecule has 0 aliphatic heterocycles. The van der Waals surface area contributed by atoms with Crippen LogP contribution in [0.15, 0.2) is 166 Å². The summed E-state index contributed by atoms with van der Waals surface area (Å²) in [4.78, 5) is 0. The molecule has 2 nitrogen and oxygen atoms in total. The van der Waals surface area contributed by atoms with E-state index in [1.54, 1.807) is 6.07 Å². The van der Waals surface area contributed by atoms with Crippen LogP contribution in [0, 0.1) is 0 Å². The van der Waals surface area contributed by atoms with Gasteiger partial charge in [-0.1, -0.05) is 127 Å². The summed E-state index contributed by atoms with van der Waals surface area (Å²) in [5, 5.41) is 4.34. The maximum absolute atomic E-state index is 9.29. The minimum absolute atomic E-state index is 0.155. The molecule has 0 aliphatic carbocycles. The van der Waals surface area contributed by atoms with E-state index in [0.29, 0.717) is 27.9 Å². The zero-order chi connectivity index (χ0) is 37.2. The highest BCUT2D eigenvalue weighted by Gasteiger charge is 2.18. The number of hydrogen-bond donors (Lipinski definition) is 0. The van der Waals surface area contributed by atoms with E-state index in [9.17, 15) is 5.48 Å². The van der Waals surface area contributed by atoms with Gasteiger partial charge in [-0.3, -0.25) is 0 Å². The Bertz CT molecular complexity index is 3170. The standard InChI is InChI=1S/C44H26O2/c1-3-13-35-33(11-1)42(28-22-20-27(21-23-28)30-16-9-19-40-44(30)37-15-6-8-18-39(37)45-40)34-12-2-4-14-36(34)43(35)29-24-25-32-31-10-5-7-17-38(31)46-41(32)26-29/h1-26H/i1D,2D,3D,4D,11D,12D,13D,14D. The van der Waals surface area contributed by atoms with Gasteiger partial charge in [0.15, 0.2) is 0 Å². The van der Waals surface area contributed by atoms with E-state index in [4.69, 9.17) is 14.3 Å². The molecule has 0 aliphatic rings. The van der Waals surface area contributed by atoms with E-state index in [1.165, 1.54) is 0 Å². The molecule has 2 heteroatoms. The highest BCUT2D eigenvalue weighted by Crippen LogP contribution is 2.45. The van der Waals surface area contributed by atoms with Crippen LogP contribution in [0.1, 0.15) is 11.0 Å². The fourth-order valence-corrected chi connectivity index (χ4v) is 6.92. The Morgan fingerprint density at radius 3 is 1.57 bits per heavy atom. The second kappa shape index (κ2) is 9.69. The van der Waals surface area contributed by atoms with Crippen molar-refractivity contribution in [2.24, 2.45) is 0 Å². The first-order chi connectivity index (χ1) is 26.1. The third kappa shape index (κ3) is 3.65. The van der Waals surface area contributed by atoms with Crippen LogP contribution in [-0.4, -0.2) is 0 Å². The summed E-state index contributed by atoms with van der Waals surface area (Å²) < 4.78 is 84.5. The monoisotopic (exact) mass is 594 g/mol. The molecule has 0 saturated carbocycles. The molecule has 10 aromatic rings. The quantitative estimate of drug-likeness (QED) is 0.190. The molecular formula is C44H26O2. The third-order valence-electron chi connectivity index (χ3n) is 8.93. The molecule has 0 fully saturated rings. The van der Waals surface area contributed by atoms with Crippen LogP contribution in [0.4, 0.5) is 0 Å². The Balaban J connectivity index is 1.32. The van der Waals surface area contributed by atoms with Gasteiger partial charge >= 0.3 is 0 Å². The van der Waals surface area contributed by atoms with Crippen LogP contribution < -0.4 is 0 Å². The number of furan rings is 2. The van der Waals surface area contributed by atoms with Gasteiger partial charge in [-0.15, -0.1) is 0 Å². The lowest BCUT2D eigenvalue weighted by Crippen LogP contribution is -1.91. The van der Waals surface area contributed by atoms with Crippen molar-refractivity contribution in [2.45, 2.75) is 0 Å². The van der Waals surface area contributed by atoms with Crippen molar-refractivity contribution < 1.29 is 19.8 Å². The summed E-state index contributed by atoms with van der Waals surface area (Å²) in [6.07, 6.45) is 0.